The number of piperidine rings is 1. The minimum atomic E-state index is -0.399. The van der Waals surface area contributed by atoms with Gasteiger partial charge >= 0.3 is 6.03 Å². The molecule has 128 valence electrons. The number of urea groups is 1. The Morgan fingerprint density at radius 3 is 2.78 bits per heavy atom. The number of nitrogens with zero attached hydrogens (tertiary/aromatic N) is 2. The molecule has 3 saturated heterocycles. The molecule has 4 amide bonds. The number of fused-ring (bicyclic) bond motifs is 1. The number of hydrogen-bond acceptors (Lipinski definition) is 5. The van der Waals surface area contributed by atoms with E-state index in [0.29, 0.717) is 26.1 Å². The lowest BCUT2D eigenvalue weighted by atomic mass is 9.84. The Balaban J connectivity index is 1.70. The molecule has 23 heavy (non-hydrogen) atoms. The lowest BCUT2D eigenvalue weighted by Gasteiger charge is -2.45. The molecule has 0 spiro atoms. The molecule has 0 bridgehead atoms. The number of carbonyl (C=O) groups is 3. The van der Waals surface area contributed by atoms with Gasteiger partial charge in [-0.25, -0.2) is 4.79 Å². The first kappa shape index (κ1) is 16.2. The van der Waals surface area contributed by atoms with Gasteiger partial charge < -0.3 is 14.5 Å². The first-order valence-electron chi connectivity index (χ1n) is 8.11. The fourth-order valence-electron chi connectivity index (χ4n) is 3.63. The summed E-state index contributed by atoms with van der Waals surface area (Å²) < 4.78 is 5.57. The van der Waals surface area contributed by atoms with Crippen molar-refractivity contribution in [2.45, 2.75) is 38.6 Å². The Labute approximate surface area is 135 Å². The monoisotopic (exact) mass is 324 g/mol. The highest BCUT2D eigenvalue weighted by Gasteiger charge is 2.46. The van der Waals surface area contributed by atoms with Gasteiger partial charge in [0, 0.05) is 20.1 Å². The maximum absolute atomic E-state index is 12.9. The highest BCUT2D eigenvalue weighted by molar-refractivity contribution is 5.98. The Kier molecular flexibility index (Phi) is 4.29. The molecule has 3 heterocycles. The molecule has 0 aromatic rings. The third-order valence-electron chi connectivity index (χ3n) is 5.04. The molecule has 8 nitrogen and oxygen atoms in total. The molecule has 0 aromatic heterocycles. The van der Waals surface area contributed by atoms with Gasteiger partial charge in [0.15, 0.2) is 0 Å². The number of hydrogen-bond donors (Lipinski definition) is 2. The Bertz CT molecular complexity index is 526. The molecule has 0 aromatic carbocycles. The summed E-state index contributed by atoms with van der Waals surface area (Å²) in [6.45, 7) is 5.52. The predicted molar refractivity (Wildman–Crippen MR) is 81.3 cm³/mol. The zero-order chi connectivity index (χ0) is 16.7. The fourth-order valence-corrected chi connectivity index (χ4v) is 3.63. The maximum atomic E-state index is 12.9. The standard InChI is InChI=1S/C15H24N4O4/c1-8-7-23-9(2)6-19(8)14(21)10-4-11-12(16-5-10)18(3)15(22)17-13(11)20/h8-12,16H,4-7H2,1-3H3,(H,17,20,22). The van der Waals surface area contributed by atoms with Crippen LogP contribution < -0.4 is 10.6 Å². The van der Waals surface area contributed by atoms with Crippen LogP contribution >= 0.6 is 0 Å². The number of morpholine rings is 1. The molecule has 2 N–H and O–H groups in total. The summed E-state index contributed by atoms with van der Waals surface area (Å²) in [6, 6.07) is -0.356. The first-order valence-corrected chi connectivity index (χ1v) is 8.11. The Morgan fingerprint density at radius 1 is 1.30 bits per heavy atom. The van der Waals surface area contributed by atoms with Crippen molar-refractivity contribution in [1.29, 1.82) is 0 Å². The van der Waals surface area contributed by atoms with Gasteiger partial charge in [-0.2, -0.15) is 0 Å². The maximum Gasteiger partial charge on any atom is 0.325 e. The average molecular weight is 324 g/mol. The average Bonchev–Trinajstić information content (AvgIpc) is 2.54. The summed E-state index contributed by atoms with van der Waals surface area (Å²) in [5, 5.41) is 5.54. The molecule has 0 saturated carbocycles. The van der Waals surface area contributed by atoms with Gasteiger partial charge in [0.25, 0.3) is 0 Å². The summed E-state index contributed by atoms with van der Waals surface area (Å²) in [7, 11) is 1.65. The van der Waals surface area contributed by atoms with Gasteiger partial charge in [0.2, 0.25) is 11.8 Å². The molecule has 0 radical (unpaired) electrons. The van der Waals surface area contributed by atoms with Crippen molar-refractivity contribution in [3.63, 3.8) is 0 Å². The molecule has 5 atom stereocenters. The van der Waals surface area contributed by atoms with Crippen molar-refractivity contribution in [2.24, 2.45) is 11.8 Å². The van der Waals surface area contributed by atoms with Crippen molar-refractivity contribution in [2.75, 3.05) is 26.7 Å². The molecule has 5 unspecified atom stereocenters. The largest absolute Gasteiger partial charge is 0.375 e. The summed E-state index contributed by atoms with van der Waals surface area (Å²) >= 11 is 0. The second-order valence-corrected chi connectivity index (χ2v) is 6.78. The van der Waals surface area contributed by atoms with Crippen LogP contribution in [0.1, 0.15) is 20.3 Å². The van der Waals surface area contributed by atoms with Gasteiger partial charge in [0.1, 0.15) is 0 Å². The topological polar surface area (TPSA) is 91.0 Å². The van der Waals surface area contributed by atoms with Crippen molar-refractivity contribution in [1.82, 2.24) is 20.4 Å². The lowest BCUT2D eigenvalue weighted by molar-refractivity contribution is -0.150. The predicted octanol–water partition coefficient (Wildman–Crippen LogP) is -0.644. The number of carbonyl (C=O) groups excluding carboxylic acids is 3. The molecule has 8 heteroatoms. The molecule has 3 aliphatic rings. The van der Waals surface area contributed by atoms with E-state index in [1.807, 2.05) is 18.7 Å². The minimum Gasteiger partial charge on any atom is -0.375 e. The minimum absolute atomic E-state index is 0.0289. The quantitative estimate of drug-likeness (QED) is 0.669. The highest BCUT2D eigenvalue weighted by Crippen LogP contribution is 2.28. The molecule has 3 aliphatic heterocycles. The first-order chi connectivity index (χ1) is 10.9. The van der Waals surface area contributed by atoms with E-state index in [1.54, 1.807) is 7.05 Å². The van der Waals surface area contributed by atoms with Gasteiger partial charge in [-0.3, -0.25) is 20.2 Å². The normalized spacial score (nSPS) is 38.1. The Morgan fingerprint density at radius 2 is 2.04 bits per heavy atom. The van der Waals surface area contributed by atoms with Crippen LogP contribution in [0.25, 0.3) is 0 Å². The van der Waals surface area contributed by atoms with E-state index in [9.17, 15) is 14.4 Å². The number of ether oxygens (including phenoxy) is 1. The smallest absolute Gasteiger partial charge is 0.325 e. The van der Waals surface area contributed by atoms with Crippen molar-refractivity contribution in [3.05, 3.63) is 0 Å². The summed E-state index contributed by atoms with van der Waals surface area (Å²) in [5.41, 5.74) is 0. The van der Waals surface area contributed by atoms with Crippen LogP contribution in [0.2, 0.25) is 0 Å². The number of amides is 4. The molecule has 3 rings (SSSR count). The number of imide groups is 1. The van der Waals surface area contributed by atoms with Gasteiger partial charge in [0.05, 0.1) is 36.8 Å². The van der Waals surface area contributed by atoms with E-state index in [0.717, 1.165) is 0 Å². The molecular weight excluding hydrogens is 300 g/mol. The van der Waals surface area contributed by atoms with Gasteiger partial charge in [-0.05, 0) is 20.3 Å². The van der Waals surface area contributed by atoms with Crippen LogP contribution in [-0.2, 0) is 14.3 Å². The van der Waals surface area contributed by atoms with E-state index in [-0.39, 0.29) is 36.0 Å². The highest BCUT2D eigenvalue weighted by atomic mass is 16.5. The van der Waals surface area contributed by atoms with E-state index < -0.39 is 11.9 Å². The van der Waals surface area contributed by atoms with Crippen LogP contribution in [-0.4, -0.2) is 72.7 Å². The molecule has 3 fully saturated rings. The van der Waals surface area contributed by atoms with E-state index >= 15 is 0 Å². The third-order valence-corrected chi connectivity index (χ3v) is 5.04. The van der Waals surface area contributed by atoms with Crippen LogP contribution in [0, 0.1) is 11.8 Å². The molecular formula is C15H24N4O4. The summed E-state index contributed by atoms with van der Waals surface area (Å²) in [4.78, 5) is 40.0. The van der Waals surface area contributed by atoms with Crippen molar-refractivity contribution < 1.29 is 19.1 Å². The van der Waals surface area contributed by atoms with Crippen LogP contribution in [0.3, 0.4) is 0 Å². The zero-order valence-electron chi connectivity index (χ0n) is 13.7. The van der Waals surface area contributed by atoms with Crippen LogP contribution in [0.4, 0.5) is 4.79 Å². The second-order valence-electron chi connectivity index (χ2n) is 6.78. The molecule has 0 aliphatic carbocycles. The second kappa shape index (κ2) is 6.09. The number of rotatable bonds is 1. The van der Waals surface area contributed by atoms with Gasteiger partial charge in [-0.1, -0.05) is 0 Å². The summed E-state index contributed by atoms with van der Waals surface area (Å²) in [5.74, 6) is -0.886. The fraction of sp³-hybridized carbons (Fsp3) is 0.800. The van der Waals surface area contributed by atoms with E-state index in [2.05, 4.69) is 10.6 Å². The number of nitrogens with one attached hydrogen (secondary N) is 2. The van der Waals surface area contributed by atoms with Crippen molar-refractivity contribution in [3.8, 4) is 0 Å². The van der Waals surface area contributed by atoms with E-state index in [1.165, 1.54) is 4.90 Å². The van der Waals surface area contributed by atoms with Gasteiger partial charge in [-0.15, -0.1) is 0 Å². The third kappa shape index (κ3) is 2.92. The Hall–Kier alpha value is -1.67. The van der Waals surface area contributed by atoms with Crippen LogP contribution in [0.5, 0.6) is 0 Å². The van der Waals surface area contributed by atoms with Crippen molar-refractivity contribution >= 4 is 17.8 Å². The zero-order valence-corrected chi connectivity index (χ0v) is 13.7. The van der Waals surface area contributed by atoms with Crippen LogP contribution in [0.15, 0.2) is 0 Å². The van der Waals surface area contributed by atoms with E-state index in [4.69, 9.17) is 4.74 Å². The SMILES string of the molecule is CC1CN(C(=O)C2CNC3C(C2)C(=O)NC(=O)N3C)C(C)CO1. The lowest BCUT2D eigenvalue weighted by Crippen LogP contribution is -2.67. The summed E-state index contributed by atoms with van der Waals surface area (Å²) in [6.07, 6.45) is 0.154.